The largest absolute Gasteiger partial charge is 0.481 e. The Bertz CT molecular complexity index is 763. The van der Waals surface area contributed by atoms with E-state index in [1.807, 2.05) is 30.5 Å². The number of aromatic nitrogens is 2. The van der Waals surface area contributed by atoms with Crippen molar-refractivity contribution in [2.75, 3.05) is 0 Å². The van der Waals surface area contributed by atoms with Gasteiger partial charge in [-0.25, -0.2) is 4.98 Å². The average Bonchev–Trinajstić information content (AvgIpc) is 2.93. The minimum absolute atomic E-state index is 0.0700. The zero-order chi connectivity index (χ0) is 13.4. The molecule has 2 N–H and O–H groups in total. The number of aromatic amines is 1. The predicted molar refractivity (Wildman–Crippen MR) is 78.4 cm³/mol. The molecule has 0 amide bonds. The molecule has 4 nitrogen and oxygen atoms in total. The number of para-hydroxylation sites is 1. The van der Waals surface area contributed by atoms with Crippen LogP contribution in [-0.2, 0) is 11.2 Å². The highest BCUT2D eigenvalue weighted by Gasteiger charge is 2.15. The van der Waals surface area contributed by atoms with Crippen LogP contribution in [0.2, 0.25) is 0 Å². The molecule has 0 bridgehead atoms. The Labute approximate surface area is 121 Å². The first kappa shape index (κ1) is 12.4. The van der Waals surface area contributed by atoms with Crippen LogP contribution in [-0.4, -0.2) is 21.0 Å². The highest BCUT2D eigenvalue weighted by atomic mass is 79.9. The molecule has 0 aliphatic rings. The molecule has 2 aromatic heterocycles. The van der Waals surface area contributed by atoms with Crippen molar-refractivity contribution in [2.45, 2.75) is 6.42 Å². The number of halogens is 1. The van der Waals surface area contributed by atoms with E-state index in [1.165, 1.54) is 11.3 Å². The van der Waals surface area contributed by atoms with Gasteiger partial charge in [0.2, 0.25) is 0 Å². The fraction of sp³-hybridized carbons (Fsp3) is 0.0769. The summed E-state index contributed by atoms with van der Waals surface area (Å²) in [6.07, 6.45) is 1.83. The summed E-state index contributed by atoms with van der Waals surface area (Å²) in [5.74, 6) is -0.878. The molecule has 0 atom stereocenters. The molecule has 19 heavy (non-hydrogen) atoms. The van der Waals surface area contributed by atoms with E-state index in [4.69, 9.17) is 5.11 Å². The first-order chi connectivity index (χ1) is 9.15. The van der Waals surface area contributed by atoms with Crippen molar-refractivity contribution in [1.82, 2.24) is 9.97 Å². The van der Waals surface area contributed by atoms with Gasteiger partial charge in [0, 0.05) is 22.7 Å². The number of nitrogens with zero attached hydrogens (tertiary/aromatic N) is 1. The quantitative estimate of drug-likeness (QED) is 0.766. The van der Waals surface area contributed by atoms with E-state index in [0.29, 0.717) is 5.69 Å². The van der Waals surface area contributed by atoms with E-state index in [0.717, 1.165) is 25.3 Å². The van der Waals surface area contributed by atoms with Crippen LogP contribution in [0.25, 0.3) is 21.5 Å². The summed E-state index contributed by atoms with van der Waals surface area (Å²) in [6.45, 7) is 0. The van der Waals surface area contributed by atoms with Gasteiger partial charge in [-0.2, -0.15) is 0 Å². The number of aliphatic carboxylic acids is 1. The summed E-state index contributed by atoms with van der Waals surface area (Å²) in [7, 11) is 0. The third kappa shape index (κ3) is 2.29. The van der Waals surface area contributed by atoms with Gasteiger partial charge in [0.05, 0.1) is 15.9 Å². The molecule has 2 heterocycles. The van der Waals surface area contributed by atoms with E-state index >= 15 is 0 Å². The molecule has 6 heteroatoms. The Morgan fingerprint density at radius 3 is 3.00 bits per heavy atom. The van der Waals surface area contributed by atoms with Crippen molar-refractivity contribution in [2.24, 2.45) is 0 Å². The lowest BCUT2D eigenvalue weighted by Gasteiger charge is -1.93. The number of hydrogen-bond acceptors (Lipinski definition) is 3. The maximum absolute atomic E-state index is 10.8. The van der Waals surface area contributed by atoms with Crippen LogP contribution in [0.3, 0.4) is 0 Å². The smallest absolute Gasteiger partial charge is 0.309 e. The minimum Gasteiger partial charge on any atom is -0.481 e. The lowest BCUT2D eigenvalue weighted by molar-refractivity contribution is -0.136. The van der Waals surface area contributed by atoms with Gasteiger partial charge in [-0.3, -0.25) is 4.79 Å². The Hall–Kier alpha value is -1.66. The van der Waals surface area contributed by atoms with Gasteiger partial charge in [0.1, 0.15) is 5.01 Å². The van der Waals surface area contributed by atoms with E-state index in [1.54, 1.807) is 0 Å². The Morgan fingerprint density at radius 2 is 2.21 bits per heavy atom. The van der Waals surface area contributed by atoms with Crippen LogP contribution in [0.15, 0.2) is 34.2 Å². The molecule has 3 aromatic rings. The third-order valence-electron chi connectivity index (χ3n) is 2.79. The average molecular weight is 337 g/mol. The molecule has 0 spiro atoms. The molecular weight excluding hydrogens is 328 g/mol. The van der Waals surface area contributed by atoms with E-state index in [2.05, 4.69) is 25.9 Å². The Kier molecular flexibility index (Phi) is 3.12. The van der Waals surface area contributed by atoms with Gasteiger partial charge < -0.3 is 10.1 Å². The molecule has 0 aliphatic carbocycles. The number of rotatable bonds is 3. The van der Waals surface area contributed by atoms with E-state index in [-0.39, 0.29) is 6.42 Å². The zero-order valence-corrected chi connectivity index (χ0v) is 12.1. The topological polar surface area (TPSA) is 66.0 Å². The van der Waals surface area contributed by atoms with Crippen molar-refractivity contribution >= 4 is 44.1 Å². The number of thiazole rings is 1. The molecule has 0 saturated heterocycles. The summed E-state index contributed by atoms with van der Waals surface area (Å²) >= 11 is 4.83. The van der Waals surface area contributed by atoms with E-state index in [9.17, 15) is 4.79 Å². The first-order valence-corrected chi connectivity index (χ1v) is 7.19. The lowest BCUT2D eigenvalue weighted by Crippen LogP contribution is -2.00. The number of carboxylic acids is 1. The minimum atomic E-state index is -0.878. The number of benzene rings is 1. The molecule has 0 fully saturated rings. The number of H-pyrrole nitrogens is 1. The second-order valence-corrected chi connectivity index (χ2v) is 6.37. The number of carbonyl (C=O) groups is 1. The molecule has 0 unspecified atom stereocenters. The van der Waals surface area contributed by atoms with Crippen LogP contribution in [0.1, 0.15) is 5.69 Å². The molecule has 96 valence electrons. The maximum Gasteiger partial charge on any atom is 0.309 e. The van der Waals surface area contributed by atoms with Crippen molar-refractivity contribution in [1.29, 1.82) is 0 Å². The van der Waals surface area contributed by atoms with Gasteiger partial charge in [0.15, 0.2) is 0 Å². The van der Waals surface area contributed by atoms with Gasteiger partial charge in [0.25, 0.3) is 0 Å². The lowest BCUT2D eigenvalue weighted by atomic mass is 10.2. The number of nitrogens with one attached hydrogen (secondary N) is 1. The molecule has 3 rings (SSSR count). The highest BCUT2D eigenvalue weighted by molar-refractivity contribution is 9.11. The van der Waals surface area contributed by atoms with E-state index < -0.39 is 5.97 Å². The Balaban J connectivity index is 2.09. The number of hydrogen-bond donors (Lipinski definition) is 2. The van der Waals surface area contributed by atoms with Crippen LogP contribution in [0.4, 0.5) is 0 Å². The standard InChI is InChI=1S/C13H9BrN2O2S/c14-12-10(5-11(17)18)16-13(19-12)8-6-15-9-4-2-1-3-7(8)9/h1-4,6,15H,5H2,(H,17,18). The van der Waals surface area contributed by atoms with Crippen LogP contribution >= 0.6 is 27.3 Å². The molecule has 0 saturated carbocycles. The van der Waals surface area contributed by atoms with Crippen molar-refractivity contribution in [3.05, 3.63) is 39.9 Å². The summed E-state index contributed by atoms with van der Waals surface area (Å²) in [5.41, 5.74) is 2.61. The monoisotopic (exact) mass is 336 g/mol. The fourth-order valence-corrected chi connectivity index (χ4v) is 3.48. The van der Waals surface area contributed by atoms with Gasteiger partial charge >= 0.3 is 5.97 Å². The zero-order valence-electron chi connectivity index (χ0n) is 9.68. The summed E-state index contributed by atoms with van der Waals surface area (Å²) in [6, 6.07) is 7.96. The van der Waals surface area contributed by atoms with Crippen LogP contribution in [0.5, 0.6) is 0 Å². The van der Waals surface area contributed by atoms with Crippen molar-refractivity contribution in [3.8, 4) is 10.6 Å². The normalized spacial score (nSPS) is 11.0. The Morgan fingerprint density at radius 1 is 1.42 bits per heavy atom. The molecule has 0 radical (unpaired) electrons. The SMILES string of the molecule is O=C(O)Cc1nc(-c2c[nH]c3ccccc23)sc1Br. The summed E-state index contributed by atoms with van der Waals surface area (Å²) < 4.78 is 0.773. The first-order valence-electron chi connectivity index (χ1n) is 5.58. The third-order valence-corrected chi connectivity index (χ3v) is 4.65. The second kappa shape index (κ2) is 4.79. The van der Waals surface area contributed by atoms with Crippen LogP contribution < -0.4 is 0 Å². The number of carboxylic acid groups (broad SMARTS) is 1. The van der Waals surface area contributed by atoms with Gasteiger partial charge in [-0.05, 0) is 22.0 Å². The molecule has 0 aliphatic heterocycles. The summed E-state index contributed by atoms with van der Waals surface area (Å²) in [5, 5.41) is 10.7. The fourth-order valence-electron chi connectivity index (χ4n) is 1.95. The molecule has 1 aromatic carbocycles. The van der Waals surface area contributed by atoms with Crippen LogP contribution in [0, 0.1) is 0 Å². The highest BCUT2D eigenvalue weighted by Crippen LogP contribution is 2.35. The summed E-state index contributed by atoms with van der Waals surface area (Å²) in [4.78, 5) is 18.4. The van der Waals surface area contributed by atoms with Crippen molar-refractivity contribution < 1.29 is 9.90 Å². The maximum atomic E-state index is 10.8. The van der Waals surface area contributed by atoms with Crippen molar-refractivity contribution in [3.63, 3.8) is 0 Å². The number of fused-ring (bicyclic) bond motifs is 1. The van der Waals surface area contributed by atoms with Gasteiger partial charge in [-0.1, -0.05) is 18.2 Å². The van der Waals surface area contributed by atoms with Gasteiger partial charge in [-0.15, -0.1) is 11.3 Å². The predicted octanol–water partition coefficient (Wildman–Crippen LogP) is 3.68. The second-order valence-electron chi connectivity index (χ2n) is 4.06. The molecular formula is C13H9BrN2O2S.